The molecule has 1 atom stereocenters. The molecule has 1 aromatic carbocycles. The van der Waals surface area contributed by atoms with Gasteiger partial charge in [-0.1, -0.05) is 6.07 Å². The number of rotatable bonds is 6. The highest BCUT2D eigenvalue weighted by atomic mass is 16.5. The Balaban J connectivity index is 2.75. The van der Waals surface area contributed by atoms with Gasteiger partial charge >= 0.3 is 12.0 Å². The number of carboxylic acids is 1. The predicted octanol–water partition coefficient (Wildman–Crippen LogP) is 0.961. The van der Waals surface area contributed by atoms with Gasteiger partial charge in [-0.2, -0.15) is 0 Å². The van der Waals surface area contributed by atoms with Crippen LogP contribution in [0.2, 0.25) is 0 Å². The Morgan fingerprint density at radius 2 is 2.10 bits per heavy atom. The molecule has 4 N–H and O–H groups in total. The van der Waals surface area contributed by atoms with Gasteiger partial charge < -0.3 is 25.6 Å². The van der Waals surface area contributed by atoms with E-state index in [4.69, 9.17) is 14.9 Å². The lowest BCUT2D eigenvalue weighted by molar-refractivity contribution is -0.139. The molecule has 0 spiro atoms. The van der Waals surface area contributed by atoms with Crippen LogP contribution in [0.3, 0.4) is 0 Å². The number of aliphatic hydroxyl groups is 1. The van der Waals surface area contributed by atoms with Gasteiger partial charge in [0, 0.05) is 13.0 Å². The van der Waals surface area contributed by atoms with Gasteiger partial charge in [0.15, 0.2) is 0 Å². The Kier molecular flexibility index (Phi) is 5.79. The van der Waals surface area contributed by atoms with Gasteiger partial charge in [0.05, 0.1) is 12.8 Å². The first-order valence-electron chi connectivity index (χ1n) is 6.03. The van der Waals surface area contributed by atoms with E-state index in [2.05, 4.69) is 10.6 Å². The van der Waals surface area contributed by atoms with Crippen LogP contribution in [0, 0.1) is 6.92 Å². The van der Waals surface area contributed by atoms with E-state index in [1.807, 2.05) is 13.0 Å². The van der Waals surface area contributed by atoms with Crippen LogP contribution in [0.5, 0.6) is 5.75 Å². The summed E-state index contributed by atoms with van der Waals surface area (Å²) in [4.78, 5) is 22.6. The Morgan fingerprint density at radius 3 is 2.65 bits per heavy atom. The molecule has 0 aromatic heterocycles. The van der Waals surface area contributed by atoms with Crippen LogP contribution in [0.4, 0.5) is 10.5 Å². The van der Waals surface area contributed by atoms with E-state index in [0.717, 1.165) is 5.56 Å². The zero-order valence-corrected chi connectivity index (χ0v) is 11.3. The maximum atomic E-state index is 11.8. The van der Waals surface area contributed by atoms with Crippen molar-refractivity contribution in [1.29, 1.82) is 0 Å². The first kappa shape index (κ1) is 15.8. The van der Waals surface area contributed by atoms with Gasteiger partial charge in [-0.15, -0.1) is 0 Å². The van der Waals surface area contributed by atoms with Crippen LogP contribution in [0.15, 0.2) is 18.2 Å². The molecule has 7 heteroatoms. The Bertz CT molecular complexity index is 490. The minimum absolute atomic E-state index is 0.0618. The van der Waals surface area contributed by atoms with Gasteiger partial charge in [-0.25, -0.2) is 9.59 Å². The lowest BCUT2D eigenvalue weighted by atomic mass is 10.2. The maximum Gasteiger partial charge on any atom is 0.326 e. The number of nitrogens with one attached hydrogen (secondary N) is 2. The molecular formula is C13H18N2O5. The van der Waals surface area contributed by atoms with Crippen molar-refractivity contribution in [3.8, 4) is 5.75 Å². The summed E-state index contributed by atoms with van der Waals surface area (Å²) in [6.07, 6.45) is -0.0618. The summed E-state index contributed by atoms with van der Waals surface area (Å²) >= 11 is 0. The fourth-order valence-electron chi connectivity index (χ4n) is 1.62. The van der Waals surface area contributed by atoms with E-state index in [-0.39, 0.29) is 13.0 Å². The summed E-state index contributed by atoms with van der Waals surface area (Å²) in [5.74, 6) is -0.731. The van der Waals surface area contributed by atoms with E-state index in [1.54, 1.807) is 12.1 Å². The number of aliphatic hydroxyl groups excluding tert-OH is 1. The van der Waals surface area contributed by atoms with E-state index >= 15 is 0 Å². The number of hydrogen-bond donors (Lipinski definition) is 4. The average molecular weight is 282 g/mol. The van der Waals surface area contributed by atoms with Crippen LogP contribution in [-0.4, -0.2) is 42.0 Å². The number of anilines is 1. The first-order chi connectivity index (χ1) is 9.47. The Labute approximate surface area is 116 Å². The summed E-state index contributed by atoms with van der Waals surface area (Å²) in [7, 11) is 1.47. The normalized spacial score (nSPS) is 11.6. The number of ether oxygens (including phenoxy) is 1. The number of urea groups is 1. The molecule has 1 aromatic rings. The van der Waals surface area contributed by atoms with Crippen molar-refractivity contribution in [2.75, 3.05) is 19.0 Å². The molecule has 0 aliphatic rings. The van der Waals surface area contributed by atoms with Crippen LogP contribution in [0.1, 0.15) is 12.0 Å². The molecule has 0 bridgehead atoms. The number of methoxy groups -OCH3 is 1. The molecule has 0 aliphatic heterocycles. The first-order valence-corrected chi connectivity index (χ1v) is 6.03. The number of benzene rings is 1. The minimum atomic E-state index is -1.20. The highest BCUT2D eigenvalue weighted by Crippen LogP contribution is 2.24. The fraction of sp³-hybridized carbons (Fsp3) is 0.385. The third-order valence-corrected chi connectivity index (χ3v) is 2.62. The Hall–Kier alpha value is -2.28. The highest BCUT2D eigenvalue weighted by Gasteiger charge is 2.19. The van der Waals surface area contributed by atoms with Crippen molar-refractivity contribution in [2.45, 2.75) is 19.4 Å². The minimum Gasteiger partial charge on any atom is -0.495 e. The second-order valence-corrected chi connectivity index (χ2v) is 4.21. The van der Waals surface area contributed by atoms with E-state index in [0.29, 0.717) is 11.4 Å². The lowest BCUT2D eigenvalue weighted by Gasteiger charge is -2.15. The molecule has 0 radical (unpaired) electrons. The predicted molar refractivity (Wildman–Crippen MR) is 73.0 cm³/mol. The molecule has 0 aliphatic carbocycles. The second kappa shape index (κ2) is 7.34. The van der Waals surface area contributed by atoms with Crippen LogP contribution < -0.4 is 15.4 Å². The number of aliphatic carboxylic acids is 1. The summed E-state index contributed by atoms with van der Waals surface area (Å²) < 4.78 is 5.10. The molecule has 0 saturated heterocycles. The van der Waals surface area contributed by atoms with Crippen molar-refractivity contribution < 1.29 is 24.5 Å². The monoisotopic (exact) mass is 282 g/mol. The third-order valence-electron chi connectivity index (χ3n) is 2.62. The number of carbonyl (C=O) groups is 2. The number of carboxylic acid groups (broad SMARTS) is 1. The number of amides is 2. The number of hydrogen-bond acceptors (Lipinski definition) is 4. The zero-order valence-electron chi connectivity index (χ0n) is 11.3. The standard InChI is InChI=1S/C13H18N2O5/c1-8-3-4-11(20-2)10(7-8)15-13(19)14-9(5-6-16)12(17)18/h3-4,7,9,16H,5-6H2,1-2H3,(H,17,18)(H2,14,15,19)/t9-/m1/s1. The Morgan fingerprint density at radius 1 is 1.40 bits per heavy atom. The maximum absolute atomic E-state index is 11.8. The van der Waals surface area contributed by atoms with Crippen molar-refractivity contribution in [1.82, 2.24) is 5.32 Å². The van der Waals surface area contributed by atoms with Gasteiger partial charge in [-0.05, 0) is 24.6 Å². The van der Waals surface area contributed by atoms with Gasteiger partial charge in [0.2, 0.25) is 0 Å². The molecule has 1 rings (SSSR count). The van der Waals surface area contributed by atoms with E-state index in [9.17, 15) is 9.59 Å². The molecule has 0 fully saturated rings. The molecule has 7 nitrogen and oxygen atoms in total. The molecule has 2 amide bonds. The second-order valence-electron chi connectivity index (χ2n) is 4.21. The fourth-order valence-corrected chi connectivity index (χ4v) is 1.62. The molecule has 110 valence electrons. The number of aryl methyl sites for hydroxylation is 1. The van der Waals surface area contributed by atoms with Crippen LogP contribution in [-0.2, 0) is 4.79 Å². The summed E-state index contributed by atoms with van der Waals surface area (Å²) in [5.41, 5.74) is 1.37. The van der Waals surface area contributed by atoms with Crippen LogP contribution >= 0.6 is 0 Å². The molecule has 0 unspecified atom stereocenters. The van der Waals surface area contributed by atoms with Gasteiger partial charge in [0.1, 0.15) is 11.8 Å². The zero-order chi connectivity index (χ0) is 15.1. The quantitative estimate of drug-likeness (QED) is 0.621. The molecule has 0 saturated carbocycles. The van der Waals surface area contributed by atoms with E-state index < -0.39 is 18.0 Å². The van der Waals surface area contributed by atoms with Crippen molar-refractivity contribution in [3.63, 3.8) is 0 Å². The van der Waals surface area contributed by atoms with Gasteiger partial charge in [0.25, 0.3) is 0 Å². The third kappa shape index (κ3) is 4.43. The largest absolute Gasteiger partial charge is 0.495 e. The van der Waals surface area contributed by atoms with Gasteiger partial charge in [-0.3, -0.25) is 0 Å². The lowest BCUT2D eigenvalue weighted by Crippen LogP contribution is -2.43. The van der Waals surface area contributed by atoms with Crippen LogP contribution in [0.25, 0.3) is 0 Å². The average Bonchev–Trinajstić information content (AvgIpc) is 2.38. The SMILES string of the molecule is COc1ccc(C)cc1NC(=O)N[C@H](CCO)C(=O)O. The summed E-state index contributed by atoms with van der Waals surface area (Å²) in [6, 6.07) is 3.42. The van der Waals surface area contributed by atoms with Crippen molar-refractivity contribution in [2.24, 2.45) is 0 Å². The van der Waals surface area contributed by atoms with E-state index in [1.165, 1.54) is 7.11 Å². The summed E-state index contributed by atoms with van der Waals surface area (Å²) in [5, 5.41) is 22.4. The van der Waals surface area contributed by atoms with Crippen molar-refractivity contribution in [3.05, 3.63) is 23.8 Å². The van der Waals surface area contributed by atoms with Crippen molar-refractivity contribution >= 4 is 17.7 Å². The number of carbonyl (C=O) groups excluding carboxylic acids is 1. The molecule has 0 heterocycles. The highest BCUT2D eigenvalue weighted by molar-refractivity contribution is 5.93. The summed E-state index contributed by atoms with van der Waals surface area (Å²) in [6.45, 7) is 1.53. The topological polar surface area (TPSA) is 108 Å². The smallest absolute Gasteiger partial charge is 0.326 e. The molecular weight excluding hydrogens is 264 g/mol. The molecule has 20 heavy (non-hydrogen) atoms.